The molecule has 0 atom stereocenters. The summed E-state index contributed by atoms with van der Waals surface area (Å²) in [7, 11) is -3.69. The molecule has 0 aliphatic carbocycles. The van der Waals surface area contributed by atoms with Gasteiger partial charge in [0.25, 0.3) is 10.0 Å². The monoisotopic (exact) mass is 277 g/mol. The second kappa shape index (κ2) is 4.17. The van der Waals surface area contributed by atoms with Crippen LogP contribution in [0.1, 0.15) is 5.56 Å². The van der Waals surface area contributed by atoms with Crippen LogP contribution in [-0.4, -0.2) is 14.3 Å². The Bertz CT molecular complexity index is 767. The average Bonchev–Trinajstić information content (AvgIpc) is 2.65. The molecule has 19 heavy (non-hydrogen) atoms. The van der Waals surface area contributed by atoms with Crippen LogP contribution >= 0.6 is 0 Å². The molecule has 1 aliphatic heterocycles. The lowest BCUT2D eigenvalue weighted by molar-refractivity contribution is 0.549. The Hall–Kier alpha value is -2.21. The number of sulfonamides is 1. The molecule has 0 radical (unpaired) electrons. The van der Waals surface area contributed by atoms with E-state index in [1.807, 2.05) is 0 Å². The third kappa shape index (κ3) is 2.10. The normalized spacial score (nSPS) is 15.7. The van der Waals surface area contributed by atoms with Crippen LogP contribution in [0.3, 0.4) is 0 Å². The molecule has 0 unspecified atom stereocenters. The minimum Gasteiger partial charge on any atom is -0.438 e. The highest BCUT2D eigenvalue weighted by Gasteiger charge is 2.29. The summed E-state index contributed by atoms with van der Waals surface area (Å²) in [5, 5.41) is 0. The first-order valence-corrected chi connectivity index (χ1v) is 6.88. The topological polar surface area (TPSA) is 55.7 Å². The summed E-state index contributed by atoms with van der Waals surface area (Å²) in [6.45, 7) is 0. The van der Waals surface area contributed by atoms with Gasteiger partial charge >= 0.3 is 0 Å². The van der Waals surface area contributed by atoms with Crippen LogP contribution in [0.15, 0.2) is 57.8 Å². The highest BCUT2D eigenvalue weighted by atomic mass is 32.2. The Balaban J connectivity index is 2.01. The summed E-state index contributed by atoms with van der Waals surface area (Å²) in [6.07, 6.45) is 0. The molecular formula is C13H8FNO3S. The third-order valence-corrected chi connectivity index (χ3v) is 3.94. The summed E-state index contributed by atoms with van der Waals surface area (Å²) in [5.41, 5.74) is 0.409. The number of benzene rings is 2. The first-order valence-electron chi connectivity index (χ1n) is 5.44. The van der Waals surface area contributed by atoms with E-state index < -0.39 is 15.8 Å². The molecule has 1 heterocycles. The molecule has 2 aromatic rings. The number of ether oxygens (including phenoxy) is 1. The van der Waals surface area contributed by atoms with Crippen molar-refractivity contribution in [1.29, 1.82) is 0 Å². The van der Waals surface area contributed by atoms with Crippen LogP contribution in [-0.2, 0) is 10.0 Å². The van der Waals surface area contributed by atoms with Gasteiger partial charge in [0, 0.05) is 0 Å². The molecule has 0 amide bonds. The van der Waals surface area contributed by atoms with Gasteiger partial charge in [-0.05, 0) is 36.4 Å². The second-order valence-electron chi connectivity index (χ2n) is 3.92. The van der Waals surface area contributed by atoms with Gasteiger partial charge in [-0.2, -0.15) is 8.42 Å². The van der Waals surface area contributed by atoms with Gasteiger partial charge in [-0.3, -0.25) is 0 Å². The highest BCUT2D eigenvalue weighted by Crippen LogP contribution is 2.27. The number of fused-ring (bicyclic) bond motifs is 1. The minimum absolute atomic E-state index is 0.00204. The molecule has 6 heteroatoms. The van der Waals surface area contributed by atoms with Crippen LogP contribution in [0, 0.1) is 5.82 Å². The van der Waals surface area contributed by atoms with Gasteiger partial charge < -0.3 is 4.74 Å². The van der Waals surface area contributed by atoms with E-state index >= 15 is 0 Å². The first-order chi connectivity index (χ1) is 9.06. The molecule has 2 aromatic carbocycles. The lowest BCUT2D eigenvalue weighted by atomic mass is 10.2. The second-order valence-corrected chi connectivity index (χ2v) is 5.50. The van der Waals surface area contributed by atoms with Crippen molar-refractivity contribution in [3.63, 3.8) is 0 Å². The molecule has 0 N–H and O–H groups in total. The largest absolute Gasteiger partial charge is 0.438 e. The Labute approximate surface area is 109 Å². The van der Waals surface area contributed by atoms with Gasteiger partial charge in [-0.25, -0.2) is 4.39 Å². The quantitative estimate of drug-likeness (QED) is 0.804. The van der Waals surface area contributed by atoms with E-state index in [0.717, 1.165) is 0 Å². The van der Waals surface area contributed by atoms with Gasteiger partial charge in [0.15, 0.2) is 0 Å². The van der Waals surface area contributed by atoms with Crippen molar-refractivity contribution < 1.29 is 17.5 Å². The fourth-order valence-corrected chi connectivity index (χ4v) is 2.90. The Kier molecular flexibility index (Phi) is 2.60. The van der Waals surface area contributed by atoms with Crippen LogP contribution in [0.2, 0.25) is 0 Å². The Morgan fingerprint density at radius 1 is 1.00 bits per heavy atom. The predicted octanol–water partition coefficient (Wildman–Crippen LogP) is 2.35. The van der Waals surface area contributed by atoms with Crippen LogP contribution < -0.4 is 4.74 Å². The van der Waals surface area contributed by atoms with E-state index in [1.54, 1.807) is 18.2 Å². The SMILES string of the molecule is O=S1(=O)N=C(Oc2ccc(F)cc2)c2ccccc21. The van der Waals surface area contributed by atoms with E-state index in [2.05, 4.69) is 4.40 Å². The van der Waals surface area contributed by atoms with Gasteiger partial charge in [0.2, 0.25) is 5.90 Å². The van der Waals surface area contributed by atoms with Gasteiger partial charge in [-0.15, -0.1) is 4.40 Å². The molecule has 0 bridgehead atoms. The molecule has 96 valence electrons. The molecule has 0 spiro atoms. The van der Waals surface area contributed by atoms with Crippen molar-refractivity contribution in [1.82, 2.24) is 0 Å². The highest BCUT2D eigenvalue weighted by molar-refractivity contribution is 7.90. The summed E-state index contributed by atoms with van der Waals surface area (Å²) >= 11 is 0. The van der Waals surface area contributed by atoms with Crippen molar-refractivity contribution in [3.8, 4) is 5.75 Å². The molecular weight excluding hydrogens is 269 g/mol. The van der Waals surface area contributed by atoms with Crippen LogP contribution in [0.25, 0.3) is 0 Å². The van der Waals surface area contributed by atoms with Gasteiger partial charge in [0.05, 0.1) is 5.56 Å². The standard InChI is InChI=1S/C13H8FNO3S/c14-9-5-7-10(8-6-9)18-13-11-3-1-2-4-12(11)19(16,17)15-13/h1-8H. The minimum atomic E-state index is -3.69. The van der Waals surface area contributed by atoms with Crippen molar-refractivity contribution in [2.75, 3.05) is 0 Å². The molecule has 0 aromatic heterocycles. The summed E-state index contributed by atoms with van der Waals surface area (Å²) in [6, 6.07) is 11.7. The van der Waals surface area contributed by atoms with E-state index in [-0.39, 0.29) is 10.8 Å². The number of halogens is 1. The zero-order chi connectivity index (χ0) is 13.5. The molecule has 0 saturated carbocycles. The van der Waals surface area contributed by atoms with Crippen molar-refractivity contribution >= 4 is 15.9 Å². The third-order valence-electron chi connectivity index (χ3n) is 2.63. The summed E-state index contributed by atoms with van der Waals surface area (Å²) < 4.78 is 45.3. The number of nitrogens with zero attached hydrogens (tertiary/aromatic N) is 1. The Morgan fingerprint density at radius 3 is 2.42 bits per heavy atom. The van der Waals surface area contributed by atoms with Gasteiger partial charge in [-0.1, -0.05) is 12.1 Å². The summed E-state index contributed by atoms with van der Waals surface area (Å²) in [5.74, 6) is -0.0667. The molecule has 4 nitrogen and oxygen atoms in total. The smallest absolute Gasteiger partial charge is 0.286 e. The number of hydrogen-bond donors (Lipinski definition) is 0. The van der Waals surface area contributed by atoms with Crippen molar-refractivity contribution in [2.45, 2.75) is 4.90 Å². The Morgan fingerprint density at radius 2 is 1.68 bits per heavy atom. The number of hydrogen-bond acceptors (Lipinski definition) is 3. The van der Waals surface area contributed by atoms with Gasteiger partial charge in [0.1, 0.15) is 16.5 Å². The molecule has 1 aliphatic rings. The maximum atomic E-state index is 12.8. The summed E-state index contributed by atoms with van der Waals surface area (Å²) in [4.78, 5) is 0.118. The van der Waals surface area contributed by atoms with Crippen molar-refractivity contribution in [2.24, 2.45) is 4.40 Å². The van der Waals surface area contributed by atoms with E-state index in [1.165, 1.54) is 30.3 Å². The van der Waals surface area contributed by atoms with E-state index in [9.17, 15) is 12.8 Å². The van der Waals surface area contributed by atoms with Crippen LogP contribution in [0.4, 0.5) is 4.39 Å². The maximum Gasteiger partial charge on any atom is 0.286 e. The maximum absolute atomic E-state index is 12.8. The van der Waals surface area contributed by atoms with E-state index in [4.69, 9.17) is 4.74 Å². The van der Waals surface area contributed by atoms with E-state index in [0.29, 0.717) is 11.3 Å². The fourth-order valence-electron chi connectivity index (χ4n) is 1.76. The lowest BCUT2D eigenvalue weighted by Gasteiger charge is -2.04. The molecule has 0 fully saturated rings. The zero-order valence-electron chi connectivity index (χ0n) is 9.58. The average molecular weight is 277 g/mol. The zero-order valence-corrected chi connectivity index (χ0v) is 10.4. The number of rotatable bonds is 1. The molecule has 0 saturated heterocycles. The molecule has 3 rings (SSSR count). The lowest BCUT2D eigenvalue weighted by Crippen LogP contribution is -2.07. The first kappa shape index (κ1) is 11.9. The van der Waals surface area contributed by atoms with Crippen LogP contribution in [0.5, 0.6) is 5.75 Å². The fraction of sp³-hybridized carbons (Fsp3) is 0. The predicted molar refractivity (Wildman–Crippen MR) is 67.2 cm³/mol. The van der Waals surface area contributed by atoms with Crippen molar-refractivity contribution in [3.05, 3.63) is 59.9 Å².